The first-order valence-corrected chi connectivity index (χ1v) is 12.7. The number of benzene rings is 2. The van der Waals surface area contributed by atoms with Gasteiger partial charge in [0.2, 0.25) is 5.91 Å². The first kappa shape index (κ1) is 21.9. The molecule has 0 radical (unpaired) electrons. The fourth-order valence-corrected chi connectivity index (χ4v) is 6.04. The van der Waals surface area contributed by atoms with Crippen molar-refractivity contribution < 1.29 is 9.18 Å². The second-order valence-electron chi connectivity index (χ2n) is 8.04. The Morgan fingerprint density at radius 2 is 1.97 bits per heavy atom. The molecule has 5 nitrogen and oxygen atoms in total. The number of aromatic nitrogens is 2. The lowest BCUT2D eigenvalue weighted by Crippen LogP contribution is -2.32. The van der Waals surface area contributed by atoms with Crippen LogP contribution < -0.4 is 10.2 Å². The number of thioether (sulfide) groups is 1. The molecule has 5 rings (SSSR count). The molecule has 1 saturated heterocycles. The van der Waals surface area contributed by atoms with Gasteiger partial charge in [-0.2, -0.15) is 0 Å². The largest absolute Gasteiger partial charge is 0.371 e. The number of carbonyl (C=O) groups excluding carboxylic acids is 1. The van der Waals surface area contributed by atoms with Crippen LogP contribution in [0.3, 0.4) is 0 Å². The summed E-state index contributed by atoms with van der Waals surface area (Å²) in [6, 6.07) is 18.8. The Kier molecular flexibility index (Phi) is 6.55. The minimum atomic E-state index is -0.257. The second kappa shape index (κ2) is 9.89. The summed E-state index contributed by atoms with van der Waals surface area (Å²) in [5, 5.41) is 3.89. The number of halogens is 1. The fourth-order valence-electron chi connectivity index (χ4n) is 4.01. The van der Waals surface area contributed by atoms with Gasteiger partial charge in [0.1, 0.15) is 17.2 Å². The molecule has 0 aliphatic carbocycles. The van der Waals surface area contributed by atoms with E-state index in [1.165, 1.54) is 35.9 Å². The second-order valence-corrected chi connectivity index (χ2v) is 10.1. The van der Waals surface area contributed by atoms with Crippen molar-refractivity contribution in [2.75, 3.05) is 30.3 Å². The molecule has 1 fully saturated rings. The molecule has 0 saturated carbocycles. The molecule has 0 spiro atoms. The maximum absolute atomic E-state index is 13.2. The first-order chi connectivity index (χ1) is 16.2. The van der Waals surface area contributed by atoms with Crippen molar-refractivity contribution in [3.63, 3.8) is 0 Å². The number of hydrogen-bond donors (Lipinski definition) is 1. The summed E-state index contributed by atoms with van der Waals surface area (Å²) in [5.74, 6) is 0.526. The Bertz CT molecular complexity index is 1250. The summed E-state index contributed by atoms with van der Waals surface area (Å²) in [7, 11) is 0. The molecule has 2 aromatic carbocycles. The van der Waals surface area contributed by atoms with Crippen molar-refractivity contribution in [3.8, 4) is 10.4 Å². The van der Waals surface area contributed by atoms with Gasteiger partial charge in [0.15, 0.2) is 0 Å². The van der Waals surface area contributed by atoms with Gasteiger partial charge in [-0.15, -0.1) is 11.3 Å². The van der Waals surface area contributed by atoms with Crippen molar-refractivity contribution in [1.29, 1.82) is 0 Å². The van der Waals surface area contributed by atoms with Crippen molar-refractivity contribution in [3.05, 3.63) is 72.8 Å². The number of amides is 1. The van der Waals surface area contributed by atoms with E-state index in [1.807, 2.05) is 12.1 Å². The minimum Gasteiger partial charge on any atom is -0.371 e. The van der Waals surface area contributed by atoms with Crippen molar-refractivity contribution in [1.82, 2.24) is 15.3 Å². The Morgan fingerprint density at radius 3 is 2.79 bits per heavy atom. The van der Waals surface area contributed by atoms with Crippen LogP contribution in [0.2, 0.25) is 0 Å². The van der Waals surface area contributed by atoms with Crippen LogP contribution in [0.25, 0.3) is 20.7 Å². The quantitative estimate of drug-likeness (QED) is 0.291. The van der Waals surface area contributed by atoms with Gasteiger partial charge in [-0.25, -0.2) is 14.4 Å². The molecule has 1 unspecified atom stereocenters. The number of rotatable bonds is 7. The highest BCUT2D eigenvalue weighted by molar-refractivity contribution is 8.00. The average Bonchev–Trinajstić information content (AvgIpc) is 3.50. The molecule has 2 aromatic heterocycles. The number of nitrogens with zero attached hydrogens (tertiary/aromatic N) is 3. The maximum Gasteiger partial charge on any atom is 0.230 e. The van der Waals surface area contributed by atoms with E-state index in [-0.39, 0.29) is 11.7 Å². The third kappa shape index (κ3) is 5.17. The van der Waals surface area contributed by atoms with Gasteiger partial charge in [-0.1, -0.05) is 42.1 Å². The van der Waals surface area contributed by atoms with E-state index in [0.717, 1.165) is 45.2 Å². The topological polar surface area (TPSA) is 58.1 Å². The SMILES string of the molecule is O=C(CSc1ncnc2cc(-c3ccc(F)cc3)sc12)NCC1CCN(c2ccccc2)C1. The Balaban J connectivity index is 1.16. The lowest BCUT2D eigenvalue weighted by atomic mass is 10.1. The summed E-state index contributed by atoms with van der Waals surface area (Å²) in [4.78, 5) is 24.6. The summed E-state index contributed by atoms with van der Waals surface area (Å²) in [5.41, 5.74) is 3.02. The first-order valence-electron chi connectivity index (χ1n) is 10.9. The highest BCUT2D eigenvalue weighted by Gasteiger charge is 2.23. The van der Waals surface area contributed by atoms with Crippen molar-refractivity contribution in [2.24, 2.45) is 5.92 Å². The monoisotopic (exact) mass is 478 g/mol. The Morgan fingerprint density at radius 1 is 1.15 bits per heavy atom. The molecule has 1 aliphatic heterocycles. The molecule has 1 amide bonds. The van der Waals surface area contributed by atoms with E-state index in [2.05, 4.69) is 44.5 Å². The number of anilines is 1. The molecule has 1 N–H and O–H groups in total. The minimum absolute atomic E-state index is 0.0141. The van der Waals surface area contributed by atoms with Crippen LogP contribution in [0.5, 0.6) is 0 Å². The van der Waals surface area contributed by atoms with Crippen LogP contribution in [0.4, 0.5) is 10.1 Å². The van der Waals surface area contributed by atoms with Crippen molar-refractivity contribution >= 4 is 44.9 Å². The smallest absolute Gasteiger partial charge is 0.230 e. The maximum atomic E-state index is 13.2. The van der Waals surface area contributed by atoms with Crippen LogP contribution in [-0.2, 0) is 4.79 Å². The van der Waals surface area contributed by atoms with Crippen LogP contribution in [-0.4, -0.2) is 41.3 Å². The van der Waals surface area contributed by atoms with E-state index in [4.69, 9.17) is 0 Å². The van der Waals surface area contributed by atoms with Crippen LogP contribution in [0.1, 0.15) is 6.42 Å². The van der Waals surface area contributed by atoms with Gasteiger partial charge >= 0.3 is 0 Å². The van der Waals surface area contributed by atoms with E-state index >= 15 is 0 Å². The van der Waals surface area contributed by atoms with Gasteiger partial charge in [0, 0.05) is 30.2 Å². The number of fused-ring (bicyclic) bond motifs is 1. The highest BCUT2D eigenvalue weighted by Crippen LogP contribution is 2.36. The lowest BCUT2D eigenvalue weighted by molar-refractivity contribution is -0.118. The van der Waals surface area contributed by atoms with Crippen LogP contribution in [0.15, 0.2) is 72.0 Å². The standard InChI is InChI=1S/C25H23FN4OS2/c26-19-8-6-18(7-9-19)22-12-21-24(33-22)25(29-16-28-21)32-15-23(31)27-13-17-10-11-30(14-17)20-4-2-1-3-5-20/h1-9,12,16-17H,10-11,13-15H2,(H,27,31). The Labute approximate surface area is 200 Å². The molecular formula is C25H23FN4OS2. The molecule has 168 valence electrons. The van der Waals surface area contributed by atoms with Crippen molar-refractivity contribution in [2.45, 2.75) is 11.4 Å². The molecule has 1 aliphatic rings. The molecule has 8 heteroatoms. The number of hydrogen-bond acceptors (Lipinski definition) is 6. The third-order valence-electron chi connectivity index (χ3n) is 5.74. The average molecular weight is 479 g/mol. The molecule has 3 heterocycles. The third-order valence-corrected chi connectivity index (χ3v) is 8.04. The fraction of sp³-hybridized carbons (Fsp3) is 0.240. The zero-order valence-electron chi connectivity index (χ0n) is 17.9. The van der Waals surface area contributed by atoms with E-state index in [9.17, 15) is 9.18 Å². The summed E-state index contributed by atoms with van der Waals surface area (Å²) >= 11 is 2.99. The predicted octanol–water partition coefficient (Wildman–Crippen LogP) is 5.23. The summed E-state index contributed by atoms with van der Waals surface area (Å²) in [6.07, 6.45) is 2.61. The number of thiophene rings is 1. The normalized spacial score (nSPS) is 15.8. The van der Waals surface area contributed by atoms with Crippen LogP contribution in [0, 0.1) is 11.7 Å². The lowest BCUT2D eigenvalue weighted by Gasteiger charge is -2.18. The zero-order valence-corrected chi connectivity index (χ0v) is 19.5. The van der Waals surface area contributed by atoms with Gasteiger partial charge in [0.05, 0.1) is 16.0 Å². The van der Waals surface area contributed by atoms with Gasteiger partial charge in [-0.05, 0) is 48.2 Å². The van der Waals surface area contributed by atoms with Crippen LogP contribution >= 0.6 is 23.1 Å². The number of carbonyl (C=O) groups is 1. The summed E-state index contributed by atoms with van der Waals surface area (Å²) < 4.78 is 14.2. The van der Waals surface area contributed by atoms with E-state index in [0.29, 0.717) is 18.2 Å². The molecule has 0 bridgehead atoms. The predicted molar refractivity (Wildman–Crippen MR) is 133 cm³/mol. The van der Waals surface area contributed by atoms with Gasteiger partial charge < -0.3 is 10.2 Å². The number of para-hydroxylation sites is 1. The highest BCUT2D eigenvalue weighted by atomic mass is 32.2. The molecule has 33 heavy (non-hydrogen) atoms. The zero-order chi connectivity index (χ0) is 22.6. The van der Waals surface area contributed by atoms with E-state index in [1.54, 1.807) is 23.5 Å². The molecular weight excluding hydrogens is 455 g/mol. The Hall–Kier alpha value is -2.97. The number of nitrogens with one attached hydrogen (secondary N) is 1. The van der Waals surface area contributed by atoms with E-state index < -0.39 is 0 Å². The molecule has 4 aromatic rings. The van der Waals surface area contributed by atoms with Gasteiger partial charge in [-0.3, -0.25) is 4.79 Å². The summed E-state index contributed by atoms with van der Waals surface area (Å²) in [6.45, 7) is 2.67. The van der Waals surface area contributed by atoms with Gasteiger partial charge in [0.25, 0.3) is 0 Å². The molecule has 1 atom stereocenters.